The molecule has 0 radical (unpaired) electrons. The van der Waals surface area contributed by atoms with E-state index >= 15 is 0 Å². The number of aliphatic carboxylic acids is 1. The van der Waals surface area contributed by atoms with Gasteiger partial charge < -0.3 is 10.4 Å². The Kier molecular flexibility index (Phi) is 7.28. The van der Waals surface area contributed by atoms with Crippen LogP contribution in [0.15, 0.2) is 0 Å². The molecule has 5 heteroatoms. The lowest BCUT2D eigenvalue weighted by atomic mass is 10.3. The first-order valence-corrected chi connectivity index (χ1v) is 5.83. The van der Waals surface area contributed by atoms with Crippen LogP contribution >= 0.6 is 11.8 Å². The summed E-state index contributed by atoms with van der Waals surface area (Å²) in [4.78, 5) is 21.5. The number of amides is 1. The van der Waals surface area contributed by atoms with Crippen molar-refractivity contribution in [3.63, 3.8) is 0 Å². The van der Waals surface area contributed by atoms with Gasteiger partial charge in [0.15, 0.2) is 0 Å². The second kappa shape index (κ2) is 7.67. The first-order valence-electron chi connectivity index (χ1n) is 4.67. The van der Waals surface area contributed by atoms with Crippen molar-refractivity contribution in [2.75, 3.05) is 11.5 Å². The molecule has 0 aliphatic carbocycles. The molecule has 1 amide bonds. The van der Waals surface area contributed by atoms with Crippen LogP contribution in [0.3, 0.4) is 0 Å². The van der Waals surface area contributed by atoms with Gasteiger partial charge in [0.05, 0.1) is 5.75 Å². The van der Waals surface area contributed by atoms with Gasteiger partial charge in [-0.2, -0.15) is 11.8 Å². The maximum atomic E-state index is 11.1. The Morgan fingerprint density at radius 1 is 1.50 bits per heavy atom. The van der Waals surface area contributed by atoms with Crippen molar-refractivity contribution in [3.8, 4) is 0 Å². The number of hydrogen-bond acceptors (Lipinski definition) is 3. The van der Waals surface area contributed by atoms with Gasteiger partial charge in [0.1, 0.15) is 6.04 Å². The van der Waals surface area contributed by atoms with Crippen LogP contribution in [0, 0.1) is 0 Å². The molecule has 2 N–H and O–H groups in total. The van der Waals surface area contributed by atoms with E-state index in [2.05, 4.69) is 12.2 Å². The van der Waals surface area contributed by atoms with E-state index in [0.717, 1.165) is 18.6 Å². The summed E-state index contributed by atoms with van der Waals surface area (Å²) in [6.45, 7) is 3.55. The van der Waals surface area contributed by atoms with Gasteiger partial charge in [-0.15, -0.1) is 0 Å². The molecule has 14 heavy (non-hydrogen) atoms. The molecule has 0 aromatic rings. The van der Waals surface area contributed by atoms with Crippen LogP contribution in [0.2, 0.25) is 0 Å². The molecule has 0 aliphatic heterocycles. The Labute approximate surface area is 88.4 Å². The van der Waals surface area contributed by atoms with E-state index in [1.54, 1.807) is 0 Å². The predicted octanol–water partition coefficient (Wildman–Crippen LogP) is 1.11. The molecule has 0 rings (SSSR count). The Morgan fingerprint density at radius 3 is 2.64 bits per heavy atom. The fraction of sp³-hybridized carbons (Fsp3) is 0.778. The largest absolute Gasteiger partial charge is 0.480 e. The molecule has 0 saturated carbocycles. The zero-order valence-corrected chi connectivity index (χ0v) is 9.39. The highest BCUT2D eigenvalue weighted by molar-refractivity contribution is 7.99. The van der Waals surface area contributed by atoms with Crippen LogP contribution in [0.25, 0.3) is 0 Å². The molecule has 0 aliphatic rings. The number of thioether (sulfide) groups is 1. The van der Waals surface area contributed by atoms with E-state index in [0.29, 0.717) is 5.75 Å². The molecule has 0 spiro atoms. The Hall–Kier alpha value is -0.710. The third-order valence-electron chi connectivity index (χ3n) is 1.62. The standard InChI is InChI=1S/C9H17NO3S/c1-3-4-5-14-6-8(11)10-7(2)9(12)13/h7H,3-6H2,1-2H3,(H,10,11)(H,12,13). The minimum absolute atomic E-state index is 0.207. The normalized spacial score (nSPS) is 12.1. The van der Waals surface area contributed by atoms with Gasteiger partial charge in [-0.3, -0.25) is 9.59 Å². The van der Waals surface area contributed by atoms with Gasteiger partial charge in [0.25, 0.3) is 0 Å². The quantitative estimate of drug-likeness (QED) is 0.629. The summed E-state index contributed by atoms with van der Waals surface area (Å²) in [5, 5.41) is 10.9. The molecule has 0 aromatic carbocycles. The number of hydrogen-bond donors (Lipinski definition) is 2. The Morgan fingerprint density at radius 2 is 2.14 bits per heavy atom. The Bertz CT molecular complexity index is 196. The molecule has 0 bridgehead atoms. The minimum atomic E-state index is -1.00. The number of carboxylic acids is 1. The summed E-state index contributed by atoms with van der Waals surface area (Å²) in [6, 6.07) is -0.797. The fourth-order valence-electron chi connectivity index (χ4n) is 0.756. The number of carboxylic acid groups (broad SMARTS) is 1. The molecule has 4 nitrogen and oxygen atoms in total. The number of rotatable bonds is 7. The molecule has 1 atom stereocenters. The van der Waals surface area contributed by atoms with Crippen LogP contribution in [0.5, 0.6) is 0 Å². The van der Waals surface area contributed by atoms with E-state index in [-0.39, 0.29) is 5.91 Å². The Balaban J connectivity index is 3.50. The smallest absolute Gasteiger partial charge is 0.325 e. The van der Waals surface area contributed by atoms with Crippen molar-refractivity contribution in [2.24, 2.45) is 0 Å². The first kappa shape index (κ1) is 13.3. The number of unbranched alkanes of at least 4 members (excludes halogenated alkanes) is 1. The maximum Gasteiger partial charge on any atom is 0.325 e. The second-order valence-corrected chi connectivity index (χ2v) is 4.14. The van der Waals surface area contributed by atoms with Crippen molar-refractivity contribution < 1.29 is 14.7 Å². The van der Waals surface area contributed by atoms with Crippen molar-refractivity contribution in [2.45, 2.75) is 32.7 Å². The first-order chi connectivity index (χ1) is 6.57. The van der Waals surface area contributed by atoms with Crippen LogP contribution in [-0.4, -0.2) is 34.5 Å². The number of carbonyl (C=O) groups excluding carboxylic acids is 1. The lowest BCUT2D eigenvalue weighted by molar-refractivity contribution is -0.140. The summed E-state index contributed by atoms with van der Waals surface area (Å²) in [5.74, 6) is 0.0844. The summed E-state index contributed by atoms with van der Waals surface area (Å²) >= 11 is 1.53. The topological polar surface area (TPSA) is 66.4 Å². The van der Waals surface area contributed by atoms with Crippen LogP contribution in [0.1, 0.15) is 26.7 Å². The molecule has 1 unspecified atom stereocenters. The SMILES string of the molecule is CCCCSCC(=O)NC(C)C(=O)O. The van der Waals surface area contributed by atoms with Gasteiger partial charge in [-0.25, -0.2) is 0 Å². The highest BCUT2D eigenvalue weighted by Gasteiger charge is 2.13. The van der Waals surface area contributed by atoms with Gasteiger partial charge >= 0.3 is 5.97 Å². The molecule has 0 heterocycles. The zero-order chi connectivity index (χ0) is 11.0. The van der Waals surface area contributed by atoms with Gasteiger partial charge in [-0.1, -0.05) is 13.3 Å². The molecular formula is C9H17NO3S. The third-order valence-corrected chi connectivity index (χ3v) is 2.67. The maximum absolute atomic E-state index is 11.1. The molecule has 0 fully saturated rings. The number of nitrogens with one attached hydrogen (secondary N) is 1. The predicted molar refractivity (Wildman–Crippen MR) is 57.5 cm³/mol. The lowest BCUT2D eigenvalue weighted by Crippen LogP contribution is -2.39. The van der Waals surface area contributed by atoms with Gasteiger partial charge in [-0.05, 0) is 19.1 Å². The van der Waals surface area contributed by atoms with E-state index < -0.39 is 12.0 Å². The van der Waals surface area contributed by atoms with E-state index in [4.69, 9.17) is 5.11 Å². The summed E-state index contributed by atoms with van der Waals surface area (Å²) < 4.78 is 0. The summed E-state index contributed by atoms with van der Waals surface area (Å²) in [6.07, 6.45) is 2.20. The van der Waals surface area contributed by atoms with Gasteiger partial charge in [0, 0.05) is 0 Å². The minimum Gasteiger partial charge on any atom is -0.480 e. The lowest BCUT2D eigenvalue weighted by Gasteiger charge is -2.08. The molecular weight excluding hydrogens is 202 g/mol. The highest BCUT2D eigenvalue weighted by Crippen LogP contribution is 2.03. The fourth-order valence-corrected chi connectivity index (χ4v) is 1.66. The monoisotopic (exact) mass is 219 g/mol. The van der Waals surface area contributed by atoms with Crippen molar-refractivity contribution >= 4 is 23.6 Å². The van der Waals surface area contributed by atoms with Crippen LogP contribution in [-0.2, 0) is 9.59 Å². The zero-order valence-electron chi connectivity index (χ0n) is 8.58. The second-order valence-electron chi connectivity index (χ2n) is 3.03. The molecule has 0 aromatic heterocycles. The van der Waals surface area contributed by atoms with Crippen LogP contribution in [0.4, 0.5) is 0 Å². The average molecular weight is 219 g/mol. The molecule has 82 valence electrons. The van der Waals surface area contributed by atoms with Crippen molar-refractivity contribution in [1.29, 1.82) is 0 Å². The highest BCUT2D eigenvalue weighted by atomic mass is 32.2. The summed E-state index contributed by atoms with van der Waals surface area (Å²) in [7, 11) is 0. The van der Waals surface area contributed by atoms with Crippen LogP contribution < -0.4 is 5.32 Å². The average Bonchev–Trinajstić information content (AvgIpc) is 2.12. The third kappa shape index (κ3) is 6.77. The van der Waals surface area contributed by atoms with Crippen molar-refractivity contribution in [1.82, 2.24) is 5.32 Å². The van der Waals surface area contributed by atoms with Gasteiger partial charge in [0.2, 0.25) is 5.91 Å². The van der Waals surface area contributed by atoms with Crippen molar-refractivity contribution in [3.05, 3.63) is 0 Å². The number of carbonyl (C=O) groups is 2. The van der Waals surface area contributed by atoms with E-state index in [1.807, 2.05) is 0 Å². The molecule has 0 saturated heterocycles. The summed E-state index contributed by atoms with van der Waals surface area (Å²) in [5.41, 5.74) is 0. The van der Waals surface area contributed by atoms with E-state index in [1.165, 1.54) is 18.7 Å². The van der Waals surface area contributed by atoms with E-state index in [9.17, 15) is 9.59 Å².